The number of amidine groups is 1. The van der Waals surface area contributed by atoms with E-state index in [0.717, 1.165) is 11.0 Å². The highest BCUT2D eigenvalue weighted by Gasteiger charge is 2.44. The fraction of sp³-hybridized carbons (Fsp3) is 0.615. The molecule has 6 N–H and O–H groups in total. The van der Waals surface area contributed by atoms with Gasteiger partial charge in [-0.2, -0.15) is 0 Å². The van der Waals surface area contributed by atoms with E-state index in [1.54, 1.807) is 0 Å². The van der Waals surface area contributed by atoms with Crippen LogP contribution >= 0.6 is 11.8 Å². The Morgan fingerprint density at radius 1 is 1.48 bits per heavy atom. The zero-order valence-electron chi connectivity index (χ0n) is 14.1. The number of carbonyl (C=O) groups excluding carboxylic acids is 2. The first-order valence-corrected chi connectivity index (χ1v) is 8.09. The van der Waals surface area contributed by atoms with Crippen LogP contribution in [-0.4, -0.2) is 85.4 Å². The van der Waals surface area contributed by atoms with Gasteiger partial charge in [-0.15, -0.1) is 5.10 Å². The van der Waals surface area contributed by atoms with E-state index in [0.29, 0.717) is 0 Å². The summed E-state index contributed by atoms with van der Waals surface area (Å²) in [5, 5.41) is 42.7. The fourth-order valence-corrected chi connectivity index (χ4v) is 2.40. The number of ether oxygens (including phenoxy) is 2. The van der Waals surface area contributed by atoms with Crippen molar-refractivity contribution in [2.75, 3.05) is 13.2 Å². The van der Waals surface area contributed by atoms with Crippen molar-refractivity contribution in [2.45, 2.75) is 37.5 Å². The lowest BCUT2D eigenvalue weighted by Crippen LogP contribution is -2.46. The van der Waals surface area contributed by atoms with E-state index in [1.807, 2.05) is 0 Å². The van der Waals surface area contributed by atoms with Crippen molar-refractivity contribution in [2.24, 2.45) is 0 Å². The second-order valence-electron chi connectivity index (χ2n) is 5.61. The lowest BCUT2D eigenvalue weighted by molar-refractivity contribution is -0.142. The molecule has 0 aromatic carbocycles. The predicted molar refractivity (Wildman–Crippen MR) is 87.4 cm³/mol. The Balaban J connectivity index is 2.00. The van der Waals surface area contributed by atoms with Gasteiger partial charge in [0.25, 0.3) is 0 Å². The maximum atomic E-state index is 12.0. The molecule has 1 aliphatic heterocycles. The molecule has 13 nitrogen and oxygen atoms in total. The Morgan fingerprint density at radius 3 is 2.74 bits per heavy atom. The first-order chi connectivity index (χ1) is 12.8. The fourth-order valence-electron chi connectivity index (χ4n) is 2.23. The van der Waals surface area contributed by atoms with Gasteiger partial charge in [0.05, 0.1) is 6.61 Å². The van der Waals surface area contributed by atoms with Crippen molar-refractivity contribution in [3.63, 3.8) is 0 Å². The Labute approximate surface area is 157 Å². The molecule has 0 aliphatic carbocycles. The lowest BCUT2D eigenvalue weighted by atomic mass is 10.1. The second-order valence-corrected chi connectivity index (χ2v) is 5.82. The molecule has 0 spiro atoms. The minimum atomic E-state index is -1.37. The maximum Gasteiger partial charge on any atom is 0.302 e. The summed E-state index contributed by atoms with van der Waals surface area (Å²) in [4.78, 5) is 28.8. The molecule has 0 bridgehead atoms. The Morgan fingerprint density at radius 2 is 2.19 bits per heavy atom. The summed E-state index contributed by atoms with van der Waals surface area (Å²) in [7, 11) is 0. The number of esters is 1. The first kappa shape index (κ1) is 21.1. The summed E-state index contributed by atoms with van der Waals surface area (Å²) >= 11 is 5.43. The molecule has 5 atom stereocenters. The number of aliphatic hydroxyl groups excluding tert-OH is 3. The lowest BCUT2D eigenvalue weighted by Gasteiger charge is -2.14. The van der Waals surface area contributed by atoms with Gasteiger partial charge in [-0.05, 0) is 11.8 Å². The number of carbonyl (C=O) groups is 2. The number of aliphatic hydroxyl groups is 3. The van der Waals surface area contributed by atoms with Gasteiger partial charge in [0, 0.05) is 6.92 Å². The van der Waals surface area contributed by atoms with Gasteiger partial charge >= 0.3 is 5.97 Å². The third-order valence-corrected chi connectivity index (χ3v) is 3.92. The third-order valence-electron chi connectivity index (χ3n) is 3.66. The molecule has 1 aromatic rings. The molecule has 2 heterocycles. The number of hydrogen-bond donors (Lipinski definition) is 6. The van der Waals surface area contributed by atoms with Crippen LogP contribution < -0.4 is 10.2 Å². The van der Waals surface area contributed by atoms with Gasteiger partial charge < -0.3 is 30.1 Å². The molecule has 1 saturated heterocycles. The van der Waals surface area contributed by atoms with Crippen molar-refractivity contribution >= 4 is 29.5 Å². The number of aromatic nitrogens is 3. The minimum Gasteiger partial charge on any atom is -0.464 e. The highest BCUT2D eigenvalue weighted by atomic mass is 35.5. The zero-order valence-corrected chi connectivity index (χ0v) is 14.8. The molecule has 1 aromatic heterocycles. The van der Waals surface area contributed by atoms with E-state index in [4.69, 9.17) is 27.0 Å². The van der Waals surface area contributed by atoms with E-state index >= 15 is 0 Å². The molecule has 5 unspecified atom stereocenters. The van der Waals surface area contributed by atoms with Crippen LogP contribution in [0.15, 0.2) is 6.33 Å². The first-order valence-electron chi connectivity index (χ1n) is 7.71. The summed E-state index contributed by atoms with van der Waals surface area (Å²) in [5.41, 5.74) is 0. The molecule has 150 valence electrons. The van der Waals surface area contributed by atoms with Gasteiger partial charge in [-0.3, -0.25) is 15.0 Å². The summed E-state index contributed by atoms with van der Waals surface area (Å²) in [6.45, 7) is 0.319. The molecular formula is C13H19ClN6O7. The SMILES string of the molecule is CC(=O)OCC(NCl)C(=O)NC(=N)c1ncn(C2OC(CO)C(O)C2O)n1. The number of rotatable bonds is 7. The minimum absolute atomic E-state index is 0.207. The summed E-state index contributed by atoms with van der Waals surface area (Å²) in [6.07, 6.45) is -3.67. The monoisotopic (exact) mass is 406 g/mol. The number of hydrogen-bond acceptors (Lipinski definition) is 11. The molecule has 2 rings (SSSR count). The van der Waals surface area contributed by atoms with E-state index in [1.165, 1.54) is 6.92 Å². The average Bonchev–Trinajstić information content (AvgIpc) is 3.21. The average molecular weight is 407 g/mol. The Bertz CT molecular complexity index is 700. The van der Waals surface area contributed by atoms with Crippen LogP contribution in [0.2, 0.25) is 0 Å². The summed E-state index contributed by atoms with van der Waals surface area (Å²) in [6, 6.07) is -1.11. The van der Waals surface area contributed by atoms with Crippen LogP contribution in [0.4, 0.5) is 0 Å². The molecule has 0 saturated carbocycles. The topological polar surface area (TPSA) is 192 Å². The molecule has 1 fully saturated rings. The molecule has 1 aliphatic rings. The van der Waals surface area contributed by atoms with Crippen molar-refractivity contribution in [3.05, 3.63) is 12.2 Å². The van der Waals surface area contributed by atoms with E-state index < -0.39 is 54.9 Å². The standard InChI is InChI=1S/C13H19ClN6O7/c1-5(22)26-3-6(18-14)12(25)17-10(15)11-16-4-20(19-11)13-9(24)8(23)7(2-21)27-13/h4,6-9,13,18,21,23-24H,2-3H2,1H3,(H2,15,17,25). The van der Waals surface area contributed by atoms with Crippen molar-refractivity contribution < 1.29 is 34.4 Å². The van der Waals surface area contributed by atoms with Crippen molar-refractivity contribution in [1.82, 2.24) is 24.9 Å². The second kappa shape index (κ2) is 9.16. The van der Waals surface area contributed by atoms with Crippen LogP contribution in [0.1, 0.15) is 19.0 Å². The van der Waals surface area contributed by atoms with Gasteiger partial charge in [0.1, 0.15) is 37.3 Å². The largest absolute Gasteiger partial charge is 0.464 e. The van der Waals surface area contributed by atoms with E-state index in [-0.39, 0.29) is 12.4 Å². The van der Waals surface area contributed by atoms with Gasteiger partial charge in [-0.25, -0.2) is 14.5 Å². The van der Waals surface area contributed by atoms with Crippen LogP contribution in [0.5, 0.6) is 0 Å². The highest BCUT2D eigenvalue weighted by Crippen LogP contribution is 2.28. The van der Waals surface area contributed by atoms with Crippen LogP contribution in [0.3, 0.4) is 0 Å². The molecule has 27 heavy (non-hydrogen) atoms. The van der Waals surface area contributed by atoms with Gasteiger partial charge in [0.15, 0.2) is 12.1 Å². The van der Waals surface area contributed by atoms with Crippen LogP contribution in [0, 0.1) is 5.41 Å². The summed E-state index contributed by atoms with van der Waals surface area (Å²) in [5.74, 6) is -2.05. The Kier molecular flexibility index (Phi) is 7.18. The normalized spacial score (nSPS) is 25.8. The highest BCUT2D eigenvalue weighted by molar-refractivity contribution is 6.16. The van der Waals surface area contributed by atoms with E-state index in [9.17, 15) is 19.8 Å². The number of nitrogens with one attached hydrogen (secondary N) is 3. The van der Waals surface area contributed by atoms with Gasteiger partial charge in [-0.1, -0.05) is 0 Å². The molecular weight excluding hydrogens is 388 g/mol. The number of halogens is 1. The molecule has 0 radical (unpaired) electrons. The zero-order chi connectivity index (χ0) is 20.1. The number of amides is 1. The third kappa shape index (κ3) is 4.97. The molecule has 1 amide bonds. The number of nitrogens with zero attached hydrogens (tertiary/aromatic N) is 3. The van der Waals surface area contributed by atoms with Crippen molar-refractivity contribution in [3.8, 4) is 0 Å². The Hall–Kier alpha value is -2.16. The van der Waals surface area contributed by atoms with Crippen molar-refractivity contribution in [1.29, 1.82) is 5.41 Å². The predicted octanol–water partition coefficient (Wildman–Crippen LogP) is -2.99. The van der Waals surface area contributed by atoms with Crippen LogP contribution in [-0.2, 0) is 19.1 Å². The van der Waals surface area contributed by atoms with Gasteiger partial charge in [0.2, 0.25) is 11.7 Å². The maximum absolute atomic E-state index is 12.0. The summed E-state index contributed by atoms with van der Waals surface area (Å²) < 4.78 is 11.0. The van der Waals surface area contributed by atoms with Crippen LogP contribution in [0.25, 0.3) is 0 Å². The quantitative estimate of drug-likeness (QED) is 0.118. The van der Waals surface area contributed by atoms with E-state index in [2.05, 4.69) is 25.0 Å². The smallest absolute Gasteiger partial charge is 0.302 e. The molecule has 14 heteroatoms.